The van der Waals surface area contributed by atoms with Crippen LogP contribution in [-0.4, -0.2) is 65.7 Å². The van der Waals surface area contributed by atoms with Gasteiger partial charge in [0, 0.05) is 62.3 Å². The molecule has 1 aliphatic carbocycles. The molecule has 0 aromatic heterocycles. The molecule has 5 rings (SSSR count). The number of hydrogen-bond acceptors (Lipinski definition) is 7. The maximum atomic E-state index is 14.7. The second-order valence-corrected chi connectivity index (χ2v) is 10.7. The third kappa shape index (κ3) is 3.73. The molecular weight excluding hydrogens is 448 g/mol. The minimum Gasteiger partial charge on any atom is -0.305 e. The molecule has 4 atom stereocenters. The summed E-state index contributed by atoms with van der Waals surface area (Å²) in [6, 6.07) is 13.5. The van der Waals surface area contributed by atoms with E-state index in [0.717, 1.165) is 30.4 Å². The van der Waals surface area contributed by atoms with Gasteiger partial charge in [0.1, 0.15) is 5.78 Å². The van der Waals surface area contributed by atoms with E-state index in [1.807, 2.05) is 26.2 Å². The minimum absolute atomic E-state index is 0.0419. The molecule has 2 aliphatic heterocycles. The van der Waals surface area contributed by atoms with Gasteiger partial charge in [-0.2, -0.15) is 0 Å². The lowest BCUT2D eigenvalue weighted by molar-refractivity contribution is -0.385. The molecule has 0 N–H and O–H groups in total. The lowest BCUT2D eigenvalue weighted by atomic mass is 9.53. The van der Waals surface area contributed by atoms with Gasteiger partial charge in [0.25, 0.3) is 11.4 Å². The van der Waals surface area contributed by atoms with E-state index in [1.54, 1.807) is 24.3 Å². The quantitative estimate of drug-likeness (QED) is 0.483. The summed E-state index contributed by atoms with van der Waals surface area (Å²) < 4.78 is 0. The summed E-state index contributed by atoms with van der Waals surface area (Å²) in [6.45, 7) is 2.57. The average molecular weight is 479 g/mol. The Balaban J connectivity index is 1.59. The maximum absolute atomic E-state index is 14.7. The highest BCUT2D eigenvalue weighted by molar-refractivity contribution is 5.94. The van der Waals surface area contributed by atoms with Crippen LogP contribution >= 0.6 is 0 Å². The second kappa shape index (κ2) is 8.49. The van der Waals surface area contributed by atoms with Crippen LogP contribution in [0, 0.1) is 31.1 Å². The van der Waals surface area contributed by atoms with Crippen molar-refractivity contribution in [2.75, 3.05) is 40.3 Å². The largest absolute Gasteiger partial charge is 0.305 e. The van der Waals surface area contributed by atoms with Crippen LogP contribution in [-0.2, 0) is 4.79 Å². The molecule has 0 bridgehead atoms. The third-order valence-electron chi connectivity index (χ3n) is 8.54. The van der Waals surface area contributed by atoms with Crippen molar-refractivity contribution in [3.8, 4) is 0 Å². The van der Waals surface area contributed by atoms with E-state index >= 15 is 0 Å². The number of rotatable bonds is 4. The second-order valence-electron chi connectivity index (χ2n) is 10.7. The van der Waals surface area contributed by atoms with Gasteiger partial charge in [0.2, 0.25) is 0 Å². The Kier molecular flexibility index (Phi) is 5.72. The van der Waals surface area contributed by atoms with E-state index in [0.29, 0.717) is 26.2 Å². The van der Waals surface area contributed by atoms with Crippen LogP contribution in [0.4, 0.5) is 11.4 Å². The first-order valence-electron chi connectivity index (χ1n) is 12.1. The van der Waals surface area contributed by atoms with Crippen molar-refractivity contribution in [3.63, 3.8) is 0 Å². The number of likely N-dealkylation sites (tertiary alicyclic amines) is 2. The van der Waals surface area contributed by atoms with E-state index in [9.17, 15) is 25.0 Å². The number of carbonyl (C=O) groups is 1. The highest BCUT2D eigenvalue weighted by atomic mass is 16.6. The lowest BCUT2D eigenvalue weighted by Gasteiger charge is -2.48. The van der Waals surface area contributed by atoms with Crippen molar-refractivity contribution < 1.29 is 14.6 Å². The molecular formula is C26H30N4O5. The van der Waals surface area contributed by atoms with Crippen molar-refractivity contribution in [3.05, 3.63) is 79.9 Å². The zero-order valence-electron chi connectivity index (χ0n) is 20.1. The number of benzene rings is 2. The van der Waals surface area contributed by atoms with Crippen LogP contribution in [0.1, 0.15) is 42.2 Å². The molecule has 2 aromatic carbocycles. The fourth-order valence-corrected chi connectivity index (χ4v) is 7.25. The Bertz CT molecular complexity index is 1110. The zero-order chi connectivity index (χ0) is 25.0. The van der Waals surface area contributed by atoms with Crippen LogP contribution in [0.2, 0.25) is 0 Å². The van der Waals surface area contributed by atoms with Gasteiger partial charge in [-0.1, -0.05) is 30.7 Å². The number of nitro groups is 2. The predicted octanol–water partition coefficient (Wildman–Crippen LogP) is 3.99. The van der Waals surface area contributed by atoms with Crippen molar-refractivity contribution in [2.24, 2.45) is 10.8 Å². The summed E-state index contributed by atoms with van der Waals surface area (Å²) >= 11 is 0. The third-order valence-corrected chi connectivity index (χ3v) is 8.54. The molecule has 1 saturated carbocycles. The fourth-order valence-electron chi connectivity index (χ4n) is 7.25. The standard InChI is InChI=1S/C26H30N4O5/c1-27-14-22(18-6-3-8-20(12-18)29(32)33)25(16-27)10-5-11-26(24(25)31)17-28(2)15-23(26)19-7-4-9-21(13-19)30(34)35/h3-4,6-9,12-13,22-23H,5,10-11,14-17H2,1-2H3/t22-,23+,25?,26?. The van der Waals surface area contributed by atoms with Gasteiger partial charge < -0.3 is 9.80 Å². The van der Waals surface area contributed by atoms with E-state index < -0.39 is 10.8 Å². The summed E-state index contributed by atoms with van der Waals surface area (Å²) in [4.78, 5) is 41.2. The molecule has 0 radical (unpaired) electrons. The molecule has 3 aliphatic rings. The first-order chi connectivity index (χ1) is 16.7. The molecule has 0 amide bonds. The number of nitro benzene ring substituents is 2. The van der Waals surface area contributed by atoms with Gasteiger partial charge >= 0.3 is 0 Å². The van der Waals surface area contributed by atoms with Crippen LogP contribution in [0.3, 0.4) is 0 Å². The molecule has 35 heavy (non-hydrogen) atoms. The minimum atomic E-state index is -0.633. The maximum Gasteiger partial charge on any atom is 0.269 e. The normalized spacial score (nSPS) is 31.4. The lowest BCUT2D eigenvalue weighted by Crippen LogP contribution is -2.53. The topological polar surface area (TPSA) is 110 Å². The summed E-state index contributed by atoms with van der Waals surface area (Å²) in [7, 11) is 4.01. The summed E-state index contributed by atoms with van der Waals surface area (Å²) in [5, 5.41) is 22.9. The molecule has 9 nitrogen and oxygen atoms in total. The first kappa shape index (κ1) is 23.6. The fraction of sp³-hybridized carbons (Fsp3) is 0.500. The molecule has 184 valence electrons. The number of ketones is 1. The molecule has 3 fully saturated rings. The van der Waals surface area contributed by atoms with Crippen LogP contribution < -0.4 is 0 Å². The highest BCUT2D eigenvalue weighted by Gasteiger charge is 2.63. The van der Waals surface area contributed by atoms with Gasteiger partial charge in [-0.3, -0.25) is 25.0 Å². The number of hydrogen-bond donors (Lipinski definition) is 0. The Morgan fingerprint density at radius 2 is 1.23 bits per heavy atom. The Labute approximate surface area is 204 Å². The molecule has 9 heteroatoms. The Morgan fingerprint density at radius 1 is 0.800 bits per heavy atom. The van der Waals surface area contributed by atoms with Crippen molar-refractivity contribution in [1.82, 2.24) is 9.80 Å². The van der Waals surface area contributed by atoms with Gasteiger partial charge in [0.15, 0.2) is 0 Å². The monoisotopic (exact) mass is 478 g/mol. The zero-order valence-corrected chi connectivity index (χ0v) is 20.1. The van der Waals surface area contributed by atoms with E-state index in [2.05, 4.69) is 9.80 Å². The summed E-state index contributed by atoms with van der Waals surface area (Å²) in [5.41, 5.74) is 0.499. The molecule has 2 spiro atoms. The smallest absolute Gasteiger partial charge is 0.269 e. The molecule has 2 heterocycles. The van der Waals surface area contributed by atoms with Crippen LogP contribution in [0.5, 0.6) is 0 Å². The van der Waals surface area contributed by atoms with Crippen molar-refractivity contribution >= 4 is 17.2 Å². The Morgan fingerprint density at radius 3 is 1.63 bits per heavy atom. The van der Waals surface area contributed by atoms with Crippen molar-refractivity contribution in [1.29, 1.82) is 0 Å². The number of carbonyl (C=O) groups excluding carboxylic acids is 1. The van der Waals surface area contributed by atoms with E-state index in [4.69, 9.17) is 0 Å². The van der Waals surface area contributed by atoms with Crippen molar-refractivity contribution in [2.45, 2.75) is 31.1 Å². The van der Waals surface area contributed by atoms with Crippen LogP contribution in [0.25, 0.3) is 0 Å². The average Bonchev–Trinajstić information content (AvgIpc) is 3.35. The van der Waals surface area contributed by atoms with Gasteiger partial charge in [-0.15, -0.1) is 0 Å². The SMILES string of the molecule is CN1C[C@H](c2cccc([N+](=O)[O-])c2)C2(CCCC3(CN(C)C[C@H]3c3cccc([N+](=O)[O-])c3)C2=O)C1. The van der Waals surface area contributed by atoms with E-state index in [1.165, 1.54) is 12.1 Å². The summed E-state index contributed by atoms with van der Waals surface area (Å²) in [5.74, 6) is -0.0413. The Hall–Kier alpha value is -3.17. The van der Waals surface area contributed by atoms with Gasteiger partial charge in [0.05, 0.1) is 20.7 Å². The molecule has 2 saturated heterocycles. The first-order valence-corrected chi connectivity index (χ1v) is 12.1. The molecule has 2 aromatic rings. The number of likely N-dealkylation sites (N-methyl/N-ethyl adjacent to an activating group) is 2. The highest BCUT2D eigenvalue weighted by Crippen LogP contribution is 2.60. The van der Waals surface area contributed by atoms with Crippen LogP contribution in [0.15, 0.2) is 48.5 Å². The number of non-ortho nitro benzene ring substituents is 2. The number of Topliss-reactive ketones (excluding diaryl/α,β-unsaturated/α-hetero) is 1. The summed E-state index contributed by atoms with van der Waals surface area (Å²) in [6.07, 6.45) is 2.37. The van der Waals surface area contributed by atoms with Gasteiger partial charge in [-0.05, 0) is 38.1 Å². The molecule has 2 unspecified atom stereocenters. The number of nitrogens with zero attached hydrogens (tertiary/aromatic N) is 4. The van der Waals surface area contributed by atoms with E-state index in [-0.39, 0.29) is 38.8 Å². The predicted molar refractivity (Wildman–Crippen MR) is 130 cm³/mol. The van der Waals surface area contributed by atoms with Gasteiger partial charge in [-0.25, -0.2) is 0 Å².